The fourth-order valence-corrected chi connectivity index (χ4v) is 4.12. The minimum atomic E-state index is -3.39. The van der Waals surface area contributed by atoms with E-state index in [0.717, 1.165) is 50.3 Å². The van der Waals surface area contributed by atoms with Crippen LogP contribution in [0, 0.1) is 0 Å². The van der Waals surface area contributed by atoms with Gasteiger partial charge in [-0.05, 0) is 62.5 Å². The van der Waals surface area contributed by atoms with Gasteiger partial charge in [0.05, 0.1) is 4.90 Å². The summed E-state index contributed by atoms with van der Waals surface area (Å²) in [7, 11) is -3.39. The Labute approximate surface area is 126 Å². The summed E-state index contributed by atoms with van der Waals surface area (Å²) >= 11 is 0. The van der Waals surface area contributed by atoms with E-state index in [9.17, 15) is 8.42 Å². The average molecular weight is 309 g/mol. The topological polar surface area (TPSA) is 61.4 Å². The standard InChI is InChI=1S/C15H23N3O2S/c19-21(20,17-8-11-18-9-1-2-10-18)14-5-6-15-13(12-14)4-3-7-16-15/h5-6,12,16-17H,1-4,7-11H2. The van der Waals surface area contributed by atoms with Crippen LogP contribution in [-0.2, 0) is 16.4 Å². The Balaban J connectivity index is 1.63. The van der Waals surface area contributed by atoms with Crippen LogP contribution in [0.15, 0.2) is 23.1 Å². The van der Waals surface area contributed by atoms with E-state index in [1.165, 1.54) is 12.8 Å². The largest absolute Gasteiger partial charge is 0.385 e. The van der Waals surface area contributed by atoms with Crippen LogP contribution in [0.1, 0.15) is 24.8 Å². The summed E-state index contributed by atoms with van der Waals surface area (Å²) in [6.45, 7) is 4.43. The predicted molar refractivity (Wildman–Crippen MR) is 84.1 cm³/mol. The third-order valence-electron chi connectivity index (χ3n) is 4.24. The molecule has 21 heavy (non-hydrogen) atoms. The van der Waals surface area contributed by atoms with Crippen molar-refractivity contribution in [3.63, 3.8) is 0 Å². The monoisotopic (exact) mass is 309 g/mol. The fraction of sp³-hybridized carbons (Fsp3) is 0.600. The first-order valence-corrected chi connectivity index (χ1v) is 9.22. The third-order valence-corrected chi connectivity index (χ3v) is 5.70. The molecule has 6 heteroatoms. The van der Waals surface area contributed by atoms with Crippen molar-refractivity contribution in [3.05, 3.63) is 23.8 Å². The summed E-state index contributed by atoms with van der Waals surface area (Å²) in [5, 5.41) is 3.30. The first-order valence-electron chi connectivity index (χ1n) is 7.74. The van der Waals surface area contributed by atoms with Crippen molar-refractivity contribution in [2.24, 2.45) is 0 Å². The number of aryl methyl sites for hydroxylation is 1. The molecule has 2 heterocycles. The molecule has 0 spiro atoms. The van der Waals surface area contributed by atoms with Gasteiger partial charge in [-0.1, -0.05) is 0 Å². The lowest BCUT2D eigenvalue weighted by molar-refractivity contribution is 0.344. The van der Waals surface area contributed by atoms with Gasteiger partial charge >= 0.3 is 0 Å². The number of sulfonamides is 1. The highest BCUT2D eigenvalue weighted by atomic mass is 32.2. The third kappa shape index (κ3) is 3.56. The summed E-state index contributed by atoms with van der Waals surface area (Å²) in [6, 6.07) is 5.37. The second kappa shape index (κ2) is 6.34. The maximum Gasteiger partial charge on any atom is 0.240 e. The number of nitrogens with one attached hydrogen (secondary N) is 2. The number of benzene rings is 1. The van der Waals surface area contributed by atoms with Gasteiger partial charge < -0.3 is 10.2 Å². The molecule has 2 aliphatic heterocycles. The van der Waals surface area contributed by atoms with Gasteiger partial charge in [-0.15, -0.1) is 0 Å². The molecule has 1 fully saturated rings. The zero-order valence-corrected chi connectivity index (χ0v) is 13.1. The quantitative estimate of drug-likeness (QED) is 0.863. The number of nitrogens with zero attached hydrogens (tertiary/aromatic N) is 1. The Morgan fingerprint density at radius 3 is 2.81 bits per heavy atom. The fourth-order valence-electron chi connectivity index (χ4n) is 3.05. The molecule has 1 saturated heterocycles. The van der Waals surface area contributed by atoms with Gasteiger partial charge in [0, 0.05) is 25.3 Å². The van der Waals surface area contributed by atoms with Gasteiger partial charge in [0.2, 0.25) is 10.0 Å². The highest BCUT2D eigenvalue weighted by Crippen LogP contribution is 2.24. The van der Waals surface area contributed by atoms with Gasteiger partial charge in [-0.25, -0.2) is 13.1 Å². The Bertz CT molecular complexity index is 595. The van der Waals surface area contributed by atoms with E-state index < -0.39 is 10.0 Å². The molecule has 2 aliphatic rings. The van der Waals surface area contributed by atoms with Crippen LogP contribution < -0.4 is 10.0 Å². The van der Waals surface area contributed by atoms with Crippen LogP contribution in [0.3, 0.4) is 0 Å². The van der Waals surface area contributed by atoms with Gasteiger partial charge in [0.25, 0.3) is 0 Å². The van der Waals surface area contributed by atoms with Crippen molar-refractivity contribution in [3.8, 4) is 0 Å². The molecule has 0 aromatic heterocycles. The van der Waals surface area contributed by atoms with Crippen LogP contribution in [-0.4, -0.2) is 46.0 Å². The SMILES string of the molecule is O=S(=O)(NCCN1CCCC1)c1ccc2c(c1)CCCN2. The predicted octanol–water partition coefficient (Wildman–Crippen LogP) is 1.42. The second-order valence-corrected chi connectivity index (χ2v) is 7.56. The zero-order chi connectivity index (χ0) is 14.7. The van der Waals surface area contributed by atoms with Gasteiger partial charge in [0.1, 0.15) is 0 Å². The summed E-state index contributed by atoms with van der Waals surface area (Å²) in [4.78, 5) is 2.69. The Morgan fingerprint density at radius 1 is 1.19 bits per heavy atom. The van der Waals surface area contributed by atoms with Gasteiger partial charge in [-0.3, -0.25) is 0 Å². The maximum atomic E-state index is 12.3. The second-order valence-electron chi connectivity index (χ2n) is 5.80. The molecule has 1 aromatic carbocycles. The molecule has 5 nitrogen and oxygen atoms in total. The van der Waals surface area contributed by atoms with E-state index in [4.69, 9.17) is 0 Å². The smallest absolute Gasteiger partial charge is 0.240 e. The van der Waals surface area contributed by atoms with Crippen molar-refractivity contribution in [2.45, 2.75) is 30.6 Å². The van der Waals surface area contributed by atoms with Crippen molar-refractivity contribution in [1.29, 1.82) is 0 Å². The van der Waals surface area contributed by atoms with E-state index in [1.54, 1.807) is 12.1 Å². The van der Waals surface area contributed by atoms with Crippen molar-refractivity contribution >= 4 is 15.7 Å². The Hall–Kier alpha value is -1.11. The summed E-state index contributed by atoms with van der Waals surface area (Å²) in [5.74, 6) is 0. The number of likely N-dealkylation sites (tertiary alicyclic amines) is 1. The molecule has 0 saturated carbocycles. The molecule has 0 atom stereocenters. The molecule has 0 aliphatic carbocycles. The number of rotatable bonds is 5. The van der Waals surface area contributed by atoms with E-state index in [1.807, 2.05) is 6.07 Å². The minimum Gasteiger partial charge on any atom is -0.385 e. The minimum absolute atomic E-state index is 0.381. The highest BCUT2D eigenvalue weighted by molar-refractivity contribution is 7.89. The summed E-state index contributed by atoms with van der Waals surface area (Å²) in [6.07, 6.45) is 4.45. The molecule has 0 unspecified atom stereocenters. The van der Waals surface area contributed by atoms with Gasteiger partial charge in [-0.2, -0.15) is 0 Å². The van der Waals surface area contributed by atoms with Crippen molar-refractivity contribution in [2.75, 3.05) is 38.0 Å². The van der Waals surface area contributed by atoms with Crippen molar-refractivity contribution in [1.82, 2.24) is 9.62 Å². The highest BCUT2D eigenvalue weighted by Gasteiger charge is 2.18. The van der Waals surface area contributed by atoms with Crippen molar-refractivity contribution < 1.29 is 8.42 Å². The number of hydrogen-bond acceptors (Lipinski definition) is 4. The lowest BCUT2D eigenvalue weighted by Gasteiger charge is -2.19. The van der Waals surface area contributed by atoms with Crippen LogP contribution in [0.25, 0.3) is 0 Å². The first-order chi connectivity index (χ1) is 10.1. The lowest BCUT2D eigenvalue weighted by atomic mass is 10.0. The average Bonchev–Trinajstić information content (AvgIpc) is 3.00. The molecule has 1 aromatic rings. The molecule has 0 radical (unpaired) electrons. The van der Waals surface area contributed by atoms with Crippen LogP contribution in [0.2, 0.25) is 0 Å². The van der Waals surface area contributed by atoms with Crippen LogP contribution in [0.4, 0.5) is 5.69 Å². The molecule has 3 rings (SSSR count). The Kier molecular flexibility index (Phi) is 4.47. The van der Waals surface area contributed by atoms with Crippen LogP contribution in [0.5, 0.6) is 0 Å². The lowest BCUT2D eigenvalue weighted by Crippen LogP contribution is -2.33. The van der Waals surface area contributed by atoms with E-state index in [0.29, 0.717) is 11.4 Å². The summed E-state index contributed by atoms with van der Waals surface area (Å²) < 4.78 is 27.4. The van der Waals surface area contributed by atoms with E-state index in [-0.39, 0.29) is 0 Å². The van der Waals surface area contributed by atoms with E-state index >= 15 is 0 Å². The molecule has 0 bridgehead atoms. The maximum absolute atomic E-state index is 12.3. The number of anilines is 1. The first kappa shape index (κ1) is 14.8. The molecule has 2 N–H and O–H groups in total. The summed E-state index contributed by atoms with van der Waals surface area (Å²) in [5.41, 5.74) is 2.17. The number of hydrogen-bond donors (Lipinski definition) is 2. The van der Waals surface area contributed by atoms with E-state index in [2.05, 4.69) is 14.9 Å². The molecule has 0 amide bonds. The Morgan fingerprint density at radius 2 is 2.00 bits per heavy atom. The normalized spacial score (nSPS) is 19.2. The van der Waals surface area contributed by atoms with Gasteiger partial charge in [0.15, 0.2) is 0 Å². The number of fused-ring (bicyclic) bond motifs is 1. The zero-order valence-electron chi connectivity index (χ0n) is 12.3. The molecular weight excluding hydrogens is 286 g/mol. The molecular formula is C15H23N3O2S. The molecule has 116 valence electrons. The van der Waals surface area contributed by atoms with Crippen LogP contribution >= 0.6 is 0 Å².